The van der Waals surface area contributed by atoms with Gasteiger partial charge in [-0.05, 0) is 12.1 Å². The third kappa shape index (κ3) is 1.04. The fourth-order valence-electron chi connectivity index (χ4n) is 2.90. The van der Waals surface area contributed by atoms with E-state index in [-0.39, 0.29) is 0 Å². The van der Waals surface area contributed by atoms with Crippen LogP contribution in [0.15, 0.2) is 53.1 Å². The molecular formula is C15H10N3O+. The van der Waals surface area contributed by atoms with Crippen LogP contribution in [0.3, 0.4) is 0 Å². The molecule has 4 heteroatoms. The van der Waals surface area contributed by atoms with E-state index < -0.39 is 0 Å². The Morgan fingerprint density at radius 1 is 1.11 bits per heavy atom. The summed E-state index contributed by atoms with van der Waals surface area (Å²) in [6.45, 7) is 0.848. The molecule has 4 nitrogen and oxygen atoms in total. The van der Waals surface area contributed by atoms with E-state index in [4.69, 9.17) is 4.42 Å². The Morgan fingerprint density at radius 2 is 2.00 bits per heavy atom. The molecule has 0 atom stereocenters. The fourth-order valence-corrected chi connectivity index (χ4v) is 2.90. The quantitative estimate of drug-likeness (QED) is 0.394. The third-order valence-electron chi connectivity index (χ3n) is 3.74. The predicted molar refractivity (Wildman–Crippen MR) is 69.7 cm³/mol. The lowest BCUT2D eigenvalue weighted by atomic mass is 10.1. The van der Waals surface area contributed by atoms with E-state index in [1.807, 2.05) is 30.5 Å². The molecule has 0 radical (unpaired) electrons. The Bertz CT molecular complexity index is 949. The van der Waals surface area contributed by atoms with Gasteiger partial charge in [0.2, 0.25) is 5.65 Å². The Hall–Kier alpha value is -2.62. The van der Waals surface area contributed by atoms with Gasteiger partial charge in [-0.25, -0.2) is 0 Å². The first-order valence-corrected chi connectivity index (χ1v) is 6.29. The first-order chi connectivity index (χ1) is 9.42. The maximum atomic E-state index is 5.95. The van der Waals surface area contributed by atoms with Gasteiger partial charge in [0, 0.05) is 11.6 Å². The monoisotopic (exact) mass is 248 g/mol. The molecule has 5 rings (SSSR count). The Balaban J connectivity index is 1.94. The number of nitrogens with zero attached hydrogens (tertiary/aromatic N) is 3. The maximum Gasteiger partial charge on any atom is 0.355 e. The summed E-state index contributed by atoms with van der Waals surface area (Å²) >= 11 is 0. The zero-order valence-electron chi connectivity index (χ0n) is 10.1. The van der Waals surface area contributed by atoms with E-state index >= 15 is 0 Å². The minimum Gasteiger partial charge on any atom is -0.395 e. The van der Waals surface area contributed by atoms with Crippen molar-refractivity contribution in [1.82, 2.24) is 9.38 Å². The van der Waals surface area contributed by atoms with Gasteiger partial charge < -0.3 is 4.42 Å². The summed E-state index contributed by atoms with van der Waals surface area (Å²) in [6, 6.07) is 14.3. The van der Waals surface area contributed by atoms with Crippen molar-refractivity contribution in [2.75, 3.05) is 0 Å². The SMILES string of the molecule is c1ccc2c(c1)C[n+]1c-2oc2nc3ccccn3c21. The summed E-state index contributed by atoms with van der Waals surface area (Å²) in [4.78, 5) is 4.53. The van der Waals surface area contributed by atoms with Crippen molar-refractivity contribution >= 4 is 17.0 Å². The van der Waals surface area contributed by atoms with Gasteiger partial charge in [-0.15, -0.1) is 0 Å². The van der Waals surface area contributed by atoms with Crippen molar-refractivity contribution in [1.29, 1.82) is 0 Å². The topological polar surface area (TPSA) is 34.3 Å². The highest BCUT2D eigenvalue weighted by atomic mass is 16.4. The molecule has 4 heterocycles. The normalized spacial score (nSPS) is 13.1. The van der Waals surface area contributed by atoms with E-state index in [9.17, 15) is 0 Å². The average Bonchev–Trinajstić information content (AvgIpc) is 3.05. The van der Waals surface area contributed by atoms with Crippen LogP contribution in [-0.4, -0.2) is 9.38 Å². The van der Waals surface area contributed by atoms with Crippen LogP contribution in [0.25, 0.3) is 28.5 Å². The van der Waals surface area contributed by atoms with Crippen molar-refractivity contribution in [2.24, 2.45) is 0 Å². The smallest absolute Gasteiger partial charge is 0.355 e. The van der Waals surface area contributed by atoms with E-state index in [1.165, 1.54) is 11.1 Å². The largest absolute Gasteiger partial charge is 0.395 e. The van der Waals surface area contributed by atoms with Gasteiger partial charge >= 0.3 is 11.4 Å². The zero-order chi connectivity index (χ0) is 12.4. The summed E-state index contributed by atoms with van der Waals surface area (Å²) in [5.41, 5.74) is 5.12. The first kappa shape index (κ1) is 9.33. The molecule has 0 spiro atoms. The van der Waals surface area contributed by atoms with E-state index in [0.717, 1.165) is 23.7 Å². The molecule has 0 amide bonds. The number of oxazole rings is 1. The van der Waals surface area contributed by atoms with Gasteiger partial charge in [-0.1, -0.05) is 24.3 Å². The van der Waals surface area contributed by atoms with Crippen LogP contribution in [-0.2, 0) is 6.54 Å². The van der Waals surface area contributed by atoms with Crippen LogP contribution >= 0.6 is 0 Å². The van der Waals surface area contributed by atoms with Gasteiger partial charge in [-0.3, -0.25) is 0 Å². The highest BCUT2D eigenvalue weighted by molar-refractivity contribution is 5.72. The number of imidazole rings is 1. The van der Waals surface area contributed by atoms with Crippen LogP contribution < -0.4 is 4.57 Å². The molecular weight excluding hydrogens is 238 g/mol. The lowest BCUT2D eigenvalue weighted by Gasteiger charge is -1.91. The van der Waals surface area contributed by atoms with Crippen LogP contribution in [0.1, 0.15) is 5.56 Å². The molecule has 1 aromatic carbocycles. The highest BCUT2D eigenvalue weighted by Crippen LogP contribution is 2.30. The average molecular weight is 248 g/mol. The number of hydrogen-bond acceptors (Lipinski definition) is 2. The summed E-state index contributed by atoms with van der Waals surface area (Å²) in [7, 11) is 0. The molecule has 90 valence electrons. The van der Waals surface area contributed by atoms with Crippen LogP contribution in [0, 0.1) is 0 Å². The summed E-state index contributed by atoms with van der Waals surface area (Å²) in [6.07, 6.45) is 2.02. The predicted octanol–water partition coefficient (Wildman–Crippen LogP) is 2.40. The standard InChI is InChI=1S/C15H10N3O/c1-2-6-11-10(5-1)9-18-14-13(19-15(11)18)16-12-7-3-4-8-17(12)14/h1-8H,9H2/q+1. The summed E-state index contributed by atoms with van der Waals surface area (Å²) in [5, 5.41) is 0. The Labute approximate surface area is 108 Å². The zero-order valence-corrected chi connectivity index (χ0v) is 10.1. The summed E-state index contributed by atoms with van der Waals surface area (Å²) < 4.78 is 10.2. The second-order valence-corrected chi connectivity index (χ2v) is 4.82. The second kappa shape index (κ2) is 3.03. The summed E-state index contributed by atoms with van der Waals surface area (Å²) in [5.74, 6) is 0.909. The molecule has 0 N–H and O–H groups in total. The first-order valence-electron chi connectivity index (χ1n) is 6.29. The highest BCUT2D eigenvalue weighted by Gasteiger charge is 2.33. The molecule has 1 aliphatic heterocycles. The van der Waals surface area contributed by atoms with Crippen molar-refractivity contribution in [3.8, 4) is 11.5 Å². The molecule has 0 aliphatic carbocycles. The molecule has 1 aliphatic rings. The molecule has 0 unspecified atom stereocenters. The van der Waals surface area contributed by atoms with Crippen molar-refractivity contribution in [3.05, 3.63) is 54.2 Å². The molecule has 19 heavy (non-hydrogen) atoms. The number of aromatic nitrogens is 3. The van der Waals surface area contributed by atoms with E-state index in [2.05, 4.69) is 32.2 Å². The molecule has 3 aromatic heterocycles. The van der Waals surface area contributed by atoms with Gasteiger partial charge in [0.25, 0.3) is 5.89 Å². The number of pyridine rings is 1. The van der Waals surface area contributed by atoms with Crippen molar-refractivity contribution in [3.63, 3.8) is 0 Å². The molecule has 0 fully saturated rings. The number of benzene rings is 1. The van der Waals surface area contributed by atoms with Crippen LogP contribution in [0.2, 0.25) is 0 Å². The van der Waals surface area contributed by atoms with Gasteiger partial charge in [-0.2, -0.15) is 14.0 Å². The molecule has 4 aromatic rings. The number of hydrogen-bond donors (Lipinski definition) is 0. The molecule has 0 saturated carbocycles. The van der Waals surface area contributed by atoms with Crippen LogP contribution in [0.5, 0.6) is 0 Å². The minimum absolute atomic E-state index is 0.704. The van der Waals surface area contributed by atoms with Crippen molar-refractivity contribution < 1.29 is 8.98 Å². The number of fused-ring (bicyclic) bond motifs is 7. The lowest BCUT2D eigenvalue weighted by molar-refractivity contribution is -0.651. The fraction of sp³-hybridized carbons (Fsp3) is 0.0667. The van der Waals surface area contributed by atoms with Crippen LogP contribution in [0.4, 0.5) is 0 Å². The minimum atomic E-state index is 0.704. The van der Waals surface area contributed by atoms with Crippen molar-refractivity contribution in [2.45, 2.75) is 6.54 Å². The Morgan fingerprint density at radius 3 is 3.00 bits per heavy atom. The lowest BCUT2D eigenvalue weighted by Crippen LogP contribution is -2.31. The second-order valence-electron chi connectivity index (χ2n) is 4.82. The molecule has 0 saturated heterocycles. The Kier molecular flexibility index (Phi) is 1.49. The molecule has 0 bridgehead atoms. The van der Waals surface area contributed by atoms with E-state index in [1.54, 1.807) is 0 Å². The van der Waals surface area contributed by atoms with Gasteiger partial charge in [0.15, 0.2) is 0 Å². The number of rotatable bonds is 0. The third-order valence-corrected chi connectivity index (χ3v) is 3.74. The van der Waals surface area contributed by atoms with Gasteiger partial charge in [0.05, 0.1) is 11.8 Å². The maximum absolute atomic E-state index is 5.95. The van der Waals surface area contributed by atoms with Gasteiger partial charge in [0.1, 0.15) is 6.54 Å². The van der Waals surface area contributed by atoms with E-state index in [0.29, 0.717) is 5.71 Å².